The summed E-state index contributed by atoms with van der Waals surface area (Å²) in [5.74, 6) is -0.0325. The van der Waals surface area contributed by atoms with E-state index in [9.17, 15) is 4.79 Å². The van der Waals surface area contributed by atoms with Crippen LogP contribution in [0.5, 0.6) is 0 Å². The van der Waals surface area contributed by atoms with E-state index in [1.54, 1.807) is 12.1 Å². The van der Waals surface area contributed by atoms with Crippen molar-refractivity contribution in [1.82, 2.24) is 0 Å². The van der Waals surface area contributed by atoms with Crippen molar-refractivity contribution in [2.24, 2.45) is 0 Å². The van der Waals surface area contributed by atoms with Crippen LogP contribution in [0.2, 0.25) is 5.02 Å². The molecule has 0 spiro atoms. The molecule has 0 fully saturated rings. The molecule has 0 aliphatic carbocycles. The highest BCUT2D eigenvalue weighted by atomic mass is 79.9. The second kappa shape index (κ2) is 5.38. The van der Waals surface area contributed by atoms with E-state index in [4.69, 9.17) is 16.0 Å². The van der Waals surface area contributed by atoms with Gasteiger partial charge < -0.3 is 4.42 Å². The Morgan fingerprint density at radius 1 is 1.29 bits per heavy atom. The average Bonchev–Trinajstić information content (AvgIpc) is 2.68. The quantitative estimate of drug-likeness (QED) is 0.713. The maximum atomic E-state index is 12.0. The molecule has 17 heavy (non-hydrogen) atoms. The highest BCUT2D eigenvalue weighted by molar-refractivity contribution is 9.10. The van der Waals surface area contributed by atoms with Crippen molar-refractivity contribution >= 4 is 49.2 Å². The van der Waals surface area contributed by atoms with Crippen molar-refractivity contribution in [3.8, 4) is 0 Å². The van der Waals surface area contributed by atoms with E-state index >= 15 is 0 Å². The topological polar surface area (TPSA) is 30.2 Å². The van der Waals surface area contributed by atoms with Crippen LogP contribution in [0.4, 0.5) is 0 Å². The summed E-state index contributed by atoms with van der Waals surface area (Å²) in [4.78, 5) is 12.0. The smallest absolute Gasteiger partial charge is 0.179 e. The van der Waals surface area contributed by atoms with E-state index in [1.165, 1.54) is 6.26 Å². The van der Waals surface area contributed by atoms with Crippen molar-refractivity contribution < 1.29 is 9.21 Å². The number of rotatable bonds is 3. The van der Waals surface area contributed by atoms with Crippen molar-refractivity contribution in [3.63, 3.8) is 0 Å². The summed E-state index contributed by atoms with van der Waals surface area (Å²) in [6.45, 7) is 0. The Morgan fingerprint density at radius 3 is 2.65 bits per heavy atom. The van der Waals surface area contributed by atoms with Crippen LogP contribution in [0, 0.1) is 0 Å². The lowest BCUT2D eigenvalue weighted by Crippen LogP contribution is -2.03. The number of carbonyl (C=O) groups is 1. The molecule has 1 aromatic heterocycles. The number of ketones is 1. The Hall–Kier alpha value is -0.580. The van der Waals surface area contributed by atoms with Gasteiger partial charge >= 0.3 is 0 Å². The van der Waals surface area contributed by atoms with Gasteiger partial charge in [0.2, 0.25) is 0 Å². The van der Waals surface area contributed by atoms with Crippen LogP contribution < -0.4 is 0 Å². The first-order valence-electron chi connectivity index (χ1n) is 4.78. The van der Waals surface area contributed by atoms with Gasteiger partial charge in [-0.2, -0.15) is 0 Å². The van der Waals surface area contributed by atoms with Gasteiger partial charge in [-0.05, 0) is 39.7 Å². The Kier molecular flexibility index (Phi) is 4.07. The standard InChI is InChI=1S/C12H7Br2ClO2/c13-8-2-1-7(10(15)6-8)5-11(16)9-3-4-17-12(9)14/h1-4,6H,5H2. The summed E-state index contributed by atoms with van der Waals surface area (Å²) in [6.07, 6.45) is 1.73. The van der Waals surface area contributed by atoms with E-state index in [-0.39, 0.29) is 12.2 Å². The van der Waals surface area contributed by atoms with Crippen molar-refractivity contribution in [2.75, 3.05) is 0 Å². The lowest BCUT2D eigenvalue weighted by Gasteiger charge is -2.03. The number of halogens is 3. The molecule has 1 heterocycles. The Balaban J connectivity index is 2.22. The molecule has 2 nitrogen and oxygen atoms in total. The third-order valence-corrected chi connectivity index (χ3v) is 3.74. The fourth-order valence-electron chi connectivity index (χ4n) is 1.43. The Bertz CT molecular complexity index is 563. The van der Waals surface area contributed by atoms with Crippen LogP contribution in [0.3, 0.4) is 0 Å². The molecule has 1 aromatic carbocycles. The van der Waals surface area contributed by atoms with Gasteiger partial charge in [-0.1, -0.05) is 33.6 Å². The van der Waals surface area contributed by atoms with Crippen LogP contribution in [0.15, 0.2) is 44.1 Å². The minimum Gasteiger partial charge on any atom is -0.457 e. The molecule has 0 unspecified atom stereocenters. The van der Waals surface area contributed by atoms with Crippen LogP contribution in [-0.2, 0) is 6.42 Å². The SMILES string of the molecule is O=C(Cc1ccc(Br)cc1Cl)c1ccoc1Br. The number of benzene rings is 1. The molecular weight excluding hydrogens is 371 g/mol. The summed E-state index contributed by atoms with van der Waals surface area (Å²) in [5.41, 5.74) is 1.33. The molecule has 2 aromatic rings. The van der Waals surface area contributed by atoms with E-state index in [2.05, 4.69) is 31.9 Å². The second-order valence-corrected chi connectivity index (χ2v) is 5.49. The zero-order chi connectivity index (χ0) is 12.4. The Labute approximate surface area is 120 Å². The lowest BCUT2D eigenvalue weighted by molar-refractivity contribution is 0.0991. The van der Waals surface area contributed by atoms with Crippen LogP contribution in [0.1, 0.15) is 15.9 Å². The molecule has 2 rings (SSSR count). The molecule has 0 amide bonds. The largest absolute Gasteiger partial charge is 0.457 e. The number of carbonyl (C=O) groups excluding carboxylic acids is 1. The third kappa shape index (κ3) is 3.00. The number of hydrogen-bond acceptors (Lipinski definition) is 2. The second-order valence-electron chi connectivity index (χ2n) is 3.44. The van der Waals surface area contributed by atoms with Crippen LogP contribution in [0.25, 0.3) is 0 Å². The number of Topliss-reactive ketones (excluding diaryl/α,β-unsaturated/α-hetero) is 1. The first kappa shape index (κ1) is 12.9. The van der Waals surface area contributed by atoms with E-state index < -0.39 is 0 Å². The monoisotopic (exact) mass is 376 g/mol. The van der Waals surface area contributed by atoms with E-state index in [0.29, 0.717) is 15.3 Å². The summed E-state index contributed by atoms with van der Waals surface area (Å²) in [5, 5.41) is 0.576. The van der Waals surface area contributed by atoms with Crippen molar-refractivity contribution in [2.45, 2.75) is 6.42 Å². The zero-order valence-electron chi connectivity index (χ0n) is 8.54. The first-order chi connectivity index (χ1) is 8.08. The van der Waals surface area contributed by atoms with Crippen molar-refractivity contribution in [3.05, 3.63) is 55.8 Å². The molecule has 0 bridgehead atoms. The molecule has 88 valence electrons. The van der Waals surface area contributed by atoms with Gasteiger partial charge in [0.1, 0.15) is 0 Å². The predicted octanol–water partition coefficient (Wildman–Crippen LogP) is 4.88. The van der Waals surface area contributed by atoms with Crippen LogP contribution >= 0.6 is 43.5 Å². The maximum absolute atomic E-state index is 12.0. The van der Waals surface area contributed by atoms with E-state index in [0.717, 1.165) is 10.0 Å². The van der Waals surface area contributed by atoms with Crippen molar-refractivity contribution in [1.29, 1.82) is 0 Å². The van der Waals surface area contributed by atoms with Crippen LogP contribution in [-0.4, -0.2) is 5.78 Å². The zero-order valence-corrected chi connectivity index (χ0v) is 12.5. The molecule has 0 saturated heterocycles. The van der Waals surface area contributed by atoms with Gasteiger partial charge in [0.25, 0.3) is 0 Å². The molecule has 0 N–H and O–H groups in total. The minimum atomic E-state index is -0.0325. The number of hydrogen-bond donors (Lipinski definition) is 0. The summed E-state index contributed by atoms with van der Waals surface area (Å²) in [7, 11) is 0. The summed E-state index contributed by atoms with van der Waals surface area (Å²) >= 11 is 12.6. The van der Waals surface area contributed by atoms with E-state index in [1.807, 2.05) is 12.1 Å². The molecule has 0 aliphatic heterocycles. The Morgan fingerprint density at radius 2 is 2.06 bits per heavy atom. The fourth-order valence-corrected chi connectivity index (χ4v) is 2.63. The van der Waals surface area contributed by atoms with Gasteiger partial charge in [-0.15, -0.1) is 0 Å². The fraction of sp³-hybridized carbons (Fsp3) is 0.0833. The number of furan rings is 1. The first-order valence-corrected chi connectivity index (χ1v) is 6.74. The van der Waals surface area contributed by atoms with Gasteiger partial charge in [0.05, 0.1) is 11.8 Å². The highest BCUT2D eigenvalue weighted by Gasteiger charge is 2.14. The molecular formula is C12H7Br2ClO2. The normalized spacial score (nSPS) is 10.5. The molecule has 5 heteroatoms. The van der Waals surface area contributed by atoms with Gasteiger partial charge in [-0.25, -0.2) is 0 Å². The lowest BCUT2D eigenvalue weighted by atomic mass is 10.1. The third-order valence-electron chi connectivity index (χ3n) is 2.28. The average molecular weight is 378 g/mol. The highest BCUT2D eigenvalue weighted by Crippen LogP contribution is 2.24. The van der Waals surface area contributed by atoms with Gasteiger partial charge in [0, 0.05) is 15.9 Å². The molecule has 0 radical (unpaired) electrons. The summed E-state index contributed by atoms with van der Waals surface area (Å²) < 4.78 is 6.37. The molecule has 0 aliphatic rings. The predicted molar refractivity (Wildman–Crippen MR) is 73.6 cm³/mol. The maximum Gasteiger partial charge on any atom is 0.179 e. The van der Waals surface area contributed by atoms with Gasteiger partial charge in [0.15, 0.2) is 10.5 Å². The molecule has 0 saturated carbocycles. The summed E-state index contributed by atoms with van der Waals surface area (Å²) in [6, 6.07) is 7.10. The minimum absolute atomic E-state index is 0.0325. The molecule has 0 atom stereocenters. The van der Waals surface area contributed by atoms with Gasteiger partial charge in [-0.3, -0.25) is 4.79 Å².